The van der Waals surface area contributed by atoms with Gasteiger partial charge in [-0.25, -0.2) is 4.39 Å². The minimum atomic E-state index is -1.19. The van der Waals surface area contributed by atoms with E-state index in [1.54, 1.807) is 31.3 Å². The number of esters is 1. The van der Waals surface area contributed by atoms with Gasteiger partial charge in [0.25, 0.3) is 0 Å². The molecule has 1 amide bonds. The van der Waals surface area contributed by atoms with E-state index in [-0.39, 0.29) is 11.7 Å². The molecule has 2 aliphatic rings. The number of amides is 1. The lowest BCUT2D eigenvalue weighted by Gasteiger charge is -2.36. The molecule has 3 rings (SSSR count). The predicted molar refractivity (Wildman–Crippen MR) is 95.7 cm³/mol. The second-order valence-electron chi connectivity index (χ2n) is 6.20. The summed E-state index contributed by atoms with van der Waals surface area (Å²) in [6.45, 7) is 1.82. The highest BCUT2D eigenvalue weighted by Crippen LogP contribution is 2.48. The normalized spacial score (nSPS) is 25.2. The summed E-state index contributed by atoms with van der Waals surface area (Å²) in [6.07, 6.45) is 4.22. The topological polar surface area (TPSA) is 80.1 Å². The van der Waals surface area contributed by atoms with E-state index in [4.69, 9.17) is 9.73 Å². The fourth-order valence-corrected chi connectivity index (χ4v) is 3.74. The molecule has 7 heteroatoms. The SMILES string of the molecule is C/C=C\C(=NC)C1=NC2(CCc3c(F)cccc32)C(C(=O)OC)C(=O)N1. The molecule has 1 aliphatic heterocycles. The predicted octanol–water partition coefficient (Wildman–Crippen LogP) is 1.93. The molecule has 6 nitrogen and oxygen atoms in total. The minimum Gasteiger partial charge on any atom is -0.468 e. The second kappa shape index (κ2) is 6.82. The molecular weight excluding hydrogens is 337 g/mol. The molecule has 1 aromatic rings. The largest absolute Gasteiger partial charge is 0.468 e. The number of rotatable bonds is 3. The number of amidine groups is 1. The van der Waals surface area contributed by atoms with Gasteiger partial charge >= 0.3 is 5.97 Å². The summed E-state index contributed by atoms with van der Waals surface area (Å²) >= 11 is 0. The van der Waals surface area contributed by atoms with Gasteiger partial charge in [0, 0.05) is 7.05 Å². The van der Waals surface area contributed by atoms with Crippen LogP contribution in [-0.4, -0.2) is 37.6 Å². The van der Waals surface area contributed by atoms with Crippen molar-refractivity contribution in [2.75, 3.05) is 14.2 Å². The summed E-state index contributed by atoms with van der Waals surface area (Å²) in [5.74, 6) is -2.48. The van der Waals surface area contributed by atoms with Gasteiger partial charge in [0.05, 0.1) is 12.8 Å². The van der Waals surface area contributed by atoms with Crippen LogP contribution in [0.2, 0.25) is 0 Å². The lowest BCUT2D eigenvalue weighted by atomic mass is 9.77. The van der Waals surface area contributed by atoms with E-state index in [0.29, 0.717) is 29.7 Å². The Morgan fingerprint density at radius 2 is 2.27 bits per heavy atom. The minimum absolute atomic E-state index is 0.271. The van der Waals surface area contributed by atoms with Gasteiger partial charge in [-0.05, 0) is 43.0 Å². The third-order valence-corrected chi connectivity index (χ3v) is 4.88. The molecule has 2 unspecified atom stereocenters. The first kappa shape index (κ1) is 18.0. The van der Waals surface area contributed by atoms with Crippen molar-refractivity contribution in [1.29, 1.82) is 0 Å². The van der Waals surface area contributed by atoms with Crippen LogP contribution < -0.4 is 5.32 Å². The highest BCUT2D eigenvalue weighted by molar-refractivity contribution is 6.48. The monoisotopic (exact) mass is 357 g/mol. The Kier molecular flexibility index (Phi) is 4.71. The lowest BCUT2D eigenvalue weighted by molar-refractivity contribution is -0.153. The molecule has 0 saturated heterocycles. The molecule has 1 spiro atoms. The third kappa shape index (κ3) is 2.64. The number of halogens is 1. The highest BCUT2D eigenvalue weighted by atomic mass is 19.1. The first-order chi connectivity index (χ1) is 12.5. The average molecular weight is 357 g/mol. The van der Waals surface area contributed by atoms with Crippen molar-refractivity contribution in [2.45, 2.75) is 25.3 Å². The first-order valence-corrected chi connectivity index (χ1v) is 8.34. The number of aliphatic imine (C=N–C) groups is 2. The zero-order chi connectivity index (χ0) is 18.9. The number of methoxy groups -OCH3 is 1. The Labute approximate surface area is 150 Å². The maximum absolute atomic E-state index is 14.3. The van der Waals surface area contributed by atoms with Gasteiger partial charge in [-0.1, -0.05) is 18.2 Å². The van der Waals surface area contributed by atoms with E-state index in [1.807, 2.05) is 6.92 Å². The molecule has 1 N–H and O–H groups in total. The Morgan fingerprint density at radius 1 is 1.50 bits per heavy atom. The van der Waals surface area contributed by atoms with Crippen molar-refractivity contribution in [3.05, 3.63) is 47.3 Å². The van der Waals surface area contributed by atoms with E-state index >= 15 is 0 Å². The second-order valence-corrected chi connectivity index (χ2v) is 6.20. The number of carbonyl (C=O) groups excluding carboxylic acids is 2. The molecule has 1 aromatic carbocycles. The summed E-state index contributed by atoms with van der Waals surface area (Å²) in [7, 11) is 2.81. The van der Waals surface area contributed by atoms with Crippen LogP contribution >= 0.6 is 0 Å². The Balaban J connectivity index is 2.25. The third-order valence-electron chi connectivity index (χ3n) is 4.88. The zero-order valence-electron chi connectivity index (χ0n) is 14.9. The van der Waals surface area contributed by atoms with E-state index < -0.39 is 23.3 Å². The number of fused-ring (bicyclic) bond motifs is 2. The quantitative estimate of drug-likeness (QED) is 0.510. The molecule has 1 heterocycles. The van der Waals surface area contributed by atoms with Gasteiger partial charge in [0.2, 0.25) is 5.91 Å². The van der Waals surface area contributed by atoms with Crippen LogP contribution in [0, 0.1) is 11.7 Å². The highest BCUT2D eigenvalue weighted by Gasteiger charge is 2.56. The molecule has 2 atom stereocenters. The van der Waals surface area contributed by atoms with Crippen LogP contribution in [0.15, 0.2) is 40.3 Å². The number of nitrogens with one attached hydrogen (secondary N) is 1. The number of nitrogens with zero attached hydrogens (tertiary/aromatic N) is 2. The molecule has 136 valence electrons. The summed E-state index contributed by atoms with van der Waals surface area (Å²) < 4.78 is 19.1. The van der Waals surface area contributed by atoms with Gasteiger partial charge in [-0.15, -0.1) is 0 Å². The van der Waals surface area contributed by atoms with Gasteiger partial charge in [-0.2, -0.15) is 0 Å². The van der Waals surface area contributed by atoms with Gasteiger partial charge < -0.3 is 10.1 Å². The number of hydrogen-bond donors (Lipinski definition) is 1. The molecule has 1 aliphatic carbocycles. The van der Waals surface area contributed by atoms with E-state index in [9.17, 15) is 14.0 Å². The smallest absolute Gasteiger partial charge is 0.321 e. The Morgan fingerprint density at radius 3 is 2.92 bits per heavy atom. The molecule has 0 radical (unpaired) electrons. The fourth-order valence-electron chi connectivity index (χ4n) is 3.74. The molecule has 0 fully saturated rings. The van der Waals surface area contributed by atoms with Crippen LogP contribution in [0.25, 0.3) is 0 Å². The van der Waals surface area contributed by atoms with Crippen molar-refractivity contribution in [2.24, 2.45) is 15.9 Å². The summed E-state index contributed by atoms with van der Waals surface area (Å²) in [6, 6.07) is 4.66. The summed E-state index contributed by atoms with van der Waals surface area (Å²) in [5, 5.41) is 2.65. The van der Waals surface area contributed by atoms with Crippen molar-refractivity contribution >= 4 is 23.4 Å². The standard InChI is InChI=1S/C19H20FN3O3/c1-4-6-14(21-2)16-22-17(24)15(18(25)26-3)19(23-16)10-9-11-12(19)7-5-8-13(11)20/h4-8,15H,9-10H2,1-3H3,(H,22,23,24)/b6-4-,21-14?. The van der Waals surface area contributed by atoms with Crippen molar-refractivity contribution in [1.82, 2.24) is 5.32 Å². The van der Waals surface area contributed by atoms with Crippen LogP contribution in [0.1, 0.15) is 24.5 Å². The number of benzene rings is 1. The van der Waals surface area contributed by atoms with Crippen molar-refractivity contribution in [3.8, 4) is 0 Å². The van der Waals surface area contributed by atoms with E-state index in [0.717, 1.165) is 0 Å². The summed E-state index contributed by atoms with van der Waals surface area (Å²) in [5.41, 5.74) is 0.324. The Hall–Kier alpha value is -2.83. The molecule has 0 bridgehead atoms. The maximum Gasteiger partial charge on any atom is 0.321 e. The zero-order valence-corrected chi connectivity index (χ0v) is 14.9. The molecular formula is C19H20FN3O3. The van der Waals surface area contributed by atoms with Crippen LogP contribution in [0.4, 0.5) is 4.39 Å². The molecule has 0 saturated carbocycles. The first-order valence-electron chi connectivity index (χ1n) is 8.34. The lowest BCUT2D eigenvalue weighted by Crippen LogP contribution is -2.55. The number of allylic oxidation sites excluding steroid dienone is 1. The fraction of sp³-hybridized carbons (Fsp3) is 0.368. The van der Waals surface area contributed by atoms with E-state index in [1.165, 1.54) is 13.2 Å². The van der Waals surface area contributed by atoms with Crippen molar-refractivity contribution in [3.63, 3.8) is 0 Å². The molecule has 0 aromatic heterocycles. The van der Waals surface area contributed by atoms with E-state index in [2.05, 4.69) is 10.3 Å². The Bertz CT molecular complexity index is 860. The van der Waals surface area contributed by atoms with Gasteiger partial charge in [0.1, 0.15) is 11.4 Å². The van der Waals surface area contributed by atoms with Gasteiger partial charge in [-0.3, -0.25) is 19.6 Å². The average Bonchev–Trinajstić information content (AvgIpc) is 2.99. The number of carbonyl (C=O) groups is 2. The number of hydrogen-bond acceptors (Lipinski definition) is 5. The van der Waals surface area contributed by atoms with Crippen molar-refractivity contribution < 1.29 is 18.7 Å². The summed E-state index contributed by atoms with van der Waals surface area (Å²) in [4.78, 5) is 34.1. The van der Waals surface area contributed by atoms with Crippen LogP contribution in [-0.2, 0) is 26.3 Å². The van der Waals surface area contributed by atoms with Crippen LogP contribution in [0.5, 0.6) is 0 Å². The van der Waals surface area contributed by atoms with Crippen LogP contribution in [0.3, 0.4) is 0 Å². The maximum atomic E-state index is 14.3. The molecule has 26 heavy (non-hydrogen) atoms. The number of ether oxygens (including phenoxy) is 1. The van der Waals surface area contributed by atoms with Gasteiger partial charge in [0.15, 0.2) is 11.8 Å².